The van der Waals surface area contributed by atoms with Crippen molar-refractivity contribution in [3.63, 3.8) is 0 Å². The van der Waals surface area contributed by atoms with Crippen LogP contribution in [0.5, 0.6) is 5.75 Å². The normalized spacial score (nSPS) is 20.1. The third-order valence-electron chi connectivity index (χ3n) is 3.93. The molecule has 1 aliphatic heterocycles. The molecule has 1 atom stereocenters. The Morgan fingerprint density at radius 2 is 2.21 bits per heavy atom. The molecule has 0 aromatic heterocycles. The third-order valence-corrected chi connectivity index (χ3v) is 3.93. The van der Waals surface area contributed by atoms with Crippen molar-refractivity contribution in [3.8, 4) is 5.75 Å². The molecule has 1 heterocycles. The molecule has 1 unspecified atom stereocenters. The summed E-state index contributed by atoms with van der Waals surface area (Å²) in [6.45, 7) is 3.04. The van der Waals surface area contributed by atoms with E-state index in [4.69, 9.17) is 0 Å². The number of aromatic hydroxyl groups is 1. The van der Waals surface area contributed by atoms with Gasteiger partial charge in [-0.25, -0.2) is 0 Å². The molecule has 1 aliphatic rings. The van der Waals surface area contributed by atoms with E-state index in [2.05, 4.69) is 11.8 Å². The Morgan fingerprint density at radius 3 is 2.95 bits per heavy atom. The Morgan fingerprint density at radius 1 is 1.37 bits per heavy atom. The van der Waals surface area contributed by atoms with E-state index in [0.717, 1.165) is 31.4 Å². The van der Waals surface area contributed by atoms with Crippen molar-refractivity contribution in [2.75, 3.05) is 6.54 Å². The predicted octanol–water partition coefficient (Wildman–Crippen LogP) is 3.12. The van der Waals surface area contributed by atoms with Crippen molar-refractivity contribution >= 4 is 5.91 Å². The minimum atomic E-state index is 0.194. The van der Waals surface area contributed by atoms with Gasteiger partial charge in [0.15, 0.2) is 0 Å². The number of hydrogen-bond acceptors (Lipinski definition) is 2. The summed E-state index contributed by atoms with van der Waals surface area (Å²) in [5, 5.41) is 9.45. The second-order valence-electron chi connectivity index (χ2n) is 5.35. The van der Waals surface area contributed by atoms with E-state index in [1.807, 2.05) is 6.07 Å². The fraction of sp³-hybridized carbons (Fsp3) is 0.562. The van der Waals surface area contributed by atoms with E-state index in [-0.39, 0.29) is 11.7 Å². The molecule has 0 bridgehead atoms. The Hall–Kier alpha value is -1.51. The van der Waals surface area contributed by atoms with Crippen LogP contribution in [-0.4, -0.2) is 28.5 Å². The summed E-state index contributed by atoms with van der Waals surface area (Å²) in [7, 11) is 0. The Labute approximate surface area is 115 Å². The number of carbonyl (C=O) groups excluding carboxylic acids is 1. The molecule has 0 aliphatic carbocycles. The molecule has 0 radical (unpaired) electrons. The molecule has 3 nitrogen and oxygen atoms in total. The van der Waals surface area contributed by atoms with Gasteiger partial charge >= 0.3 is 0 Å². The third kappa shape index (κ3) is 3.72. The van der Waals surface area contributed by atoms with Crippen molar-refractivity contribution in [2.45, 2.75) is 51.5 Å². The molecule has 1 fully saturated rings. The predicted molar refractivity (Wildman–Crippen MR) is 76.1 cm³/mol. The van der Waals surface area contributed by atoms with Crippen LogP contribution in [0.15, 0.2) is 24.3 Å². The molecule has 0 saturated carbocycles. The summed E-state index contributed by atoms with van der Waals surface area (Å²) >= 11 is 0. The van der Waals surface area contributed by atoms with E-state index in [0.29, 0.717) is 12.5 Å². The average Bonchev–Trinajstić information content (AvgIpc) is 2.63. The number of amides is 1. The van der Waals surface area contributed by atoms with Gasteiger partial charge in [0.1, 0.15) is 5.75 Å². The van der Waals surface area contributed by atoms with Crippen LogP contribution in [0.25, 0.3) is 0 Å². The topological polar surface area (TPSA) is 40.5 Å². The number of likely N-dealkylation sites (tertiary alicyclic amines) is 1. The van der Waals surface area contributed by atoms with Gasteiger partial charge in [0.2, 0.25) is 5.91 Å². The Bertz CT molecular complexity index is 431. The van der Waals surface area contributed by atoms with Crippen LogP contribution >= 0.6 is 0 Å². The van der Waals surface area contributed by atoms with Crippen molar-refractivity contribution in [2.24, 2.45) is 0 Å². The summed E-state index contributed by atoms with van der Waals surface area (Å²) in [6.07, 6.45) is 6.13. The lowest BCUT2D eigenvalue weighted by Crippen LogP contribution is -2.40. The Balaban J connectivity index is 2.04. The molecule has 1 aromatic rings. The number of benzene rings is 1. The SMILES string of the molecule is CCC1CCCCCN1C(=O)Cc1cccc(O)c1. The molecular weight excluding hydrogens is 238 g/mol. The molecule has 1 N–H and O–H groups in total. The van der Waals surface area contributed by atoms with E-state index < -0.39 is 0 Å². The van der Waals surface area contributed by atoms with Gasteiger partial charge in [-0.05, 0) is 37.0 Å². The van der Waals surface area contributed by atoms with Crippen molar-refractivity contribution in [3.05, 3.63) is 29.8 Å². The number of nitrogens with zero attached hydrogens (tertiary/aromatic N) is 1. The molecule has 1 saturated heterocycles. The highest BCUT2D eigenvalue weighted by Gasteiger charge is 2.23. The van der Waals surface area contributed by atoms with Crippen LogP contribution in [0.4, 0.5) is 0 Å². The first-order valence-corrected chi connectivity index (χ1v) is 7.28. The highest BCUT2D eigenvalue weighted by atomic mass is 16.3. The van der Waals surface area contributed by atoms with Gasteiger partial charge in [-0.1, -0.05) is 31.9 Å². The maximum absolute atomic E-state index is 12.4. The van der Waals surface area contributed by atoms with Gasteiger partial charge in [-0.2, -0.15) is 0 Å². The van der Waals surface area contributed by atoms with E-state index in [9.17, 15) is 9.90 Å². The zero-order valence-electron chi connectivity index (χ0n) is 11.6. The number of phenols is 1. The first-order chi connectivity index (χ1) is 9.20. The molecule has 19 heavy (non-hydrogen) atoms. The first-order valence-electron chi connectivity index (χ1n) is 7.28. The van der Waals surface area contributed by atoms with Gasteiger partial charge in [-0.3, -0.25) is 4.79 Å². The van der Waals surface area contributed by atoms with Crippen LogP contribution in [0.2, 0.25) is 0 Å². The van der Waals surface area contributed by atoms with E-state index >= 15 is 0 Å². The number of hydrogen-bond donors (Lipinski definition) is 1. The van der Waals surface area contributed by atoms with Crippen molar-refractivity contribution in [1.29, 1.82) is 0 Å². The zero-order chi connectivity index (χ0) is 13.7. The van der Waals surface area contributed by atoms with Gasteiger partial charge in [-0.15, -0.1) is 0 Å². The van der Waals surface area contributed by atoms with Gasteiger partial charge < -0.3 is 10.0 Å². The molecule has 3 heteroatoms. The highest BCUT2D eigenvalue weighted by Crippen LogP contribution is 2.21. The largest absolute Gasteiger partial charge is 0.508 e. The maximum Gasteiger partial charge on any atom is 0.227 e. The van der Waals surface area contributed by atoms with E-state index in [1.54, 1.807) is 18.2 Å². The fourth-order valence-electron chi connectivity index (χ4n) is 2.87. The minimum Gasteiger partial charge on any atom is -0.508 e. The lowest BCUT2D eigenvalue weighted by Gasteiger charge is -2.29. The van der Waals surface area contributed by atoms with Crippen LogP contribution < -0.4 is 0 Å². The summed E-state index contributed by atoms with van der Waals surface area (Å²) in [6, 6.07) is 7.40. The molecule has 1 amide bonds. The number of carbonyl (C=O) groups is 1. The second-order valence-corrected chi connectivity index (χ2v) is 5.35. The van der Waals surface area contributed by atoms with Crippen LogP contribution in [-0.2, 0) is 11.2 Å². The monoisotopic (exact) mass is 261 g/mol. The lowest BCUT2D eigenvalue weighted by molar-refractivity contribution is -0.132. The lowest BCUT2D eigenvalue weighted by atomic mass is 10.1. The summed E-state index contributed by atoms with van der Waals surface area (Å²) < 4.78 is 0. The molecular formula is C16H23NO2. The second kappa shape index (κ2) is 6.60. The summed E-state index contributed by atoms with van der Waals surface area (Å²) in [5.41, 5.74) is 0.893. The standard InChI is InChI=1S/C16H23NO2/c1-2-14-8-4-3-5-10-17(14)16(19)12-13-7-6-9-15(18)11-13/h6-7,9,11,14,18H,2-5,8,10,12H2,1H3. The quantitative estimate of drug-likeness (QED) is 0.908. The zero-order valence-corrected chi connectivity index (χ0v) is 11.6. The maximum atomic E-state index is 12.4. The average molecular weight is 261 g/mol. The summed E-state index contributed by atoms with van der Waals surface area (Å²) in [4.78, 5) is 14.5. The minimum absolute atomic E-state index is 0.194. The van der Waals surface area contributed by atoms with Gasteiger partial charge in [0, 0.05) is 12.6 Å². The fourth-order valence-corrected chi connectivity index (χ4v) is 2.87. The Kier molecular flexibility index (Phi) is 4.83. The molecule has 1 aromatic carbocycles. The van der Waals surface area contributed by atoms with Gasteiger partial charge in [0.05, 0.1) is 6.42 Å². The van der Waals surface area contributed by atoms with Gasteiger partial charge in [0.25, 0.3) is 0 Å². The molecule has 0 spiro atoms. The van der Waals surface area contributed by atoms with Crippen molar-refractivity contribution < 1.29 is 9.90 Å². The van der Waals surface area contributed by atoms with Crippen LogP contribution in [0.3, 0.4) is 0 Å². The molecule has 104 valence electrons. The van der Waals surface area contributed by atoms with Crippen LogP contribution in [0, 0.1) is 0 Å². The first kappa shape index (κ1) is 13.9. The smallest absolute Gasteiger partial charge is 0.227 e. The number of rotatable bonds is 3. The number of phenolic OH excluding ortho intramolecular Hbond substituents is 1. The summed E-state index contributed by atoms with van der Waals surface area (Å²) in [5.74, 6) is 0.424. The highest BCUT2D eigenvalue weighted by molar-refractivity contribution is 5.79. The van der Waals surface area contributed by atoms with Crippen LogP contribution in [0.1, 0.15) is 44.6 Å². The van der Waals surface area contributed by atoms with Crippen molar-refractivity contribution in [1.82, 2.24) is 4.90 Å². The molecule has 2 rings (SSSR count). The van der Waals surface area contributed by atoms with E-state index in [1.165, 1.54) is 12.8 Å².